The van der Waals surface area contributed by atoms with Gasteiger partial charge in [-0.05, 0) is 55.3 Å². The highest BCUT2D eigenvalue weighted by Crippen LogP contribution is 2.39. The van der Waals surface area contributed by atoms with E-state index in [1.807, 2.05) is 0 Å². The summed E-state index contributed by atoms with van der Waals surface area (Å²) in [4.78, 5) is 2.29. The summed E-state index contributed by atoms with van der Waals surface area (Å²) in [7, 11) is 0. The van der Waals surface area contributed by atoms with Crippen LogP contribution in [0.5, 0.6) is 0 Å². The van der Waals surface area contributed by atoms with E-state index in [-0.39, 0.29) is 12.6 Å². The van der Waals surface area contributed by atoms with E-state index < -0.39 is 11.6 Å². The SMILES string of the molecule is OCC1CCCN(C2CCc3c(F)cc(F)cc32)C1. The predicted octanol–water partition coefficient (Wildman–Crippen LogP) is 2.66. The average molecular weight is 267 g/mol. The van der Waals surface area contributed by atoms with E-state index in [4.69, 9.17) is 0 Å². The number of rotatable bonds is 2. The van der Waals surface area contributed by atoms with Crippen molar-refractivity contribution in [2.75, 3.05) is 19.7 Å². The van der Waals surface area contributed by atoms with Gasteiger partial charge in [0.25, 0.3) is 0 Å². The number of hydrogen-bond donors (Lipinski definition) is 1. The zero-order valence-corrected chi connectivity index (χ0v) is 10.9. The fourth-order valence-electron chi connectivity index (χ4n) is 3.53. The van der Waals surface area contributed by atoms with Gasteiger partial charge in [0.05, 0.1) is 0 Å². The molecule has 19 heavy (non-hydrogen) atoms. The third-order valence-electron chi connectivity index (χ3n) is 4.47. The van der Waals surface area contributed by atoms with Gasteiger partial charge in [0.1, 0.15) is 11.6 Å². The van der Waals surface area contributed by atoms with Gasteiger partial charge in [-0.3, -0.25) is 4.90 Å². The fraction of sp³-hybridized carbons (Fsp3) is 0.600. The summed E-state index contributed by atoms with van der Waals surface area (Å²) in [5.41, 5.74) is 1.49. The summed E-state index contributed by atoms with van der Waals surface area (Å²) in [5, 5.41) is 9.29. The monoisotopic (exact) mass is 267 g/mol. The maximum Gasteiger partial charge on any atom is 0.129 e. The Labute approximate surface area is 112 Å². The second kappa shape index (κ2) is 5.17. The summed E-state index contributed by atoms with van der Waals surface area (Å²) in [6.45, 7) is 1.99. The van der Waals surface area contributed by atoms with Gasteiger partial charge in [0, 0.05) is 25.3 Å². The molecule has 1 fully saturated rings. The van der Waals surface area contributed by atoms with Gasteiger partial charge in [-0.1, -0.05) is 0 Å². The first-order chi connectivity index (χ1) is 9.19. The maximum absolute atomic E-state index is 13.7. The van der Waals surface area contributed by atoms with Crippen LogP contribution in [0.1, 0.15) is 36.4 Å². The molecule has 0 amide bonds. The van der Waals surface area contributed by atoms with Crippen LogP contribution in [-0.2, 0) is 6.42 Å². The van der Waals surface area contributed by atoms with Gasteiger partial charge in [-0.2, -0.15) is 0 Å². The molecule has 1 saturated heterocycles. The molecule has 1 N–H and O–H groups in total. The number of hydrogen-bond acceptors (Lipinski definition) is 2. The first-order valence-electron chi connectivity index (χ1n) is 7.01. The standard InChI is InChI=1S/C15H19F2NO/c16-11-6-13-12(14(17)7-11)3-4-15(13)18-5-1-2-10(8-18)9-19/h6-7,10,15,19H,1-5,8-9H2. The van der Waals surface area contributed by atoms with Crippen molar-refractivity contribution in [1.29, 1.82) is 0 Å². The van der Waals surface area contributed by atoms with Gasteiger partial charge < -0.3 is 5.11 Å². The topological polar surface area (TPSA) is 23.5 Å². The molecular formula is C15H19F2NO. The fourth-order valence-corrected chi connectivity index (χ4v) is 3.53. The van der Waals surface area contributed by atoms with Crippen LogP contribution in [0.4, 0.5) is 8.78 Å². The second-order valence-electron chi connectivity index (χ2n) is 5.70. The highest BCUT2D eigenvalue weighted by atomic mass is 19.1. The number of aliphatic hydroxyl groups excluding tert-OH is 1. The van der Waals surface area contributed by atoms with Crippen LogP contribution in [0.3, 0.4) is 0 Å². The number of piperidine rings is 1. The van der Waals surface area contributed by atoms with Crippen molar-refractivity contribution in [2.45, 2.75) is 31.7 Å². The van der Waals surface area contributed by atoms with Gasteiger partial charge in [0.15, 0.2) is 0 Å². The Morgan fingerprint density at radius 1 is 1.26 bits per heavy atom. The van der Waals surface area contributed by atoms with Crippen molar-refractivity contribution in [3.8, 4) is 0 Å². The molecule has 0 spiro atoms. The first-order valence-corrected chi connectivity index (χ1v) is 7.01. The minimum Gasteiger partial charge on any atom is -0.396 e. The molecule has 0 aromatic heterocycles. The van der Waals surface area contributed by atoms with Crippen molar-refractivity contribution in [3.63, 3.8) is 0 Å². The average Bonchev–Trinajstić information content (AvgIpc) is 2.82. The largest absolute Gasteiger partial charge is 0.396 e. The van der Waals surface area contributed by atoms with Crippen LogP contribution < -0.4 is 0 Å². The lowest BCUT2D eigenvalue weighted by Gasteiger charge is -2.36. The van der Waals surface area contributed by atoms with E-state index in [0.29, 0.717) is 17.9 Å². The van der Waals surface area contributed by atoms with Crippen LogP contribution in [-0.4, -0.2) is 29.7 Å². The molecule has 2 unspecified atom stereocenters. The van der Waals surface area contributed by atoms with Crippen molar-refractivity contribution in [2.24, 2.45) is 5.92 Å². The number of benzene rings is 1. The number of fused-ring (bicyclic) bond motifs is 1. The summed E-state index contributed by atoms with van der Waals surface area (Å²) >= 11 is 0. The summed E-state index contributed by atoms with van der Waals surface area (Å²) in [6.07, 6.45) is 3.64. The Morgan fingerprint density at radius 3 is 2.89 bits per heavy atom. The third kappa shape index (κ3) is 2.39. The summed E-state index contributed by atoms with van der Waals surface area (Å²) < 4.78 is 27.1. The van der Waals surface area contributed by atoms with Crippen LogP contribution in [0.15, 0.2) is 12.1 Å². The van der Waals surface area contributed by atoms with Crippen molar-refractivity contribution >= 4 is 0 Å². The number of aliphatic hydroxyl groups is 1. The van der Waals surface area contributed by atoms with E-state index in [1.54, 1.807) is 0 Å². The first kappa shape index (κ1) is 13.0. The zero-order valence-electron chi connectivity index (χ0n) is 10.9. The van der Waals surface area contributed by atoms with Gasteiger partial charge >= 0.3 is 0 Å². The van der Waals surface area contributed by atoms with Crippen molar-refractivity contribution in [1.82, 2.24) is 4.90 Å². The normalized spacial score (nSPS) is 27.5. The van der Waals surface area contributed by atoms with E-state index >= 15 is 0 Å². The quantitative estimate of drug-likeness (QED) is 0.890. The molecule has 0 saturated carbocycles. The molecule has 3 rings (SSSR count). The minimum atomic E-state index is -0.487. The molecular weight excluding hydrogens is 248 g/mol. The number of nitrogens with zero attached hydrogens (tertiary/aromatic N) is 1. The Bertz CT molecular complexity index is 477. The van der Waals surface area contributed by atoms with Gasteiger partial charge in [0.2, 0.25) is 0 Å². The molecule has 0 bridgehead atoms. The smallest absolute Gasteiger partial charge is 0.129 e. The van der Waals surface area contributed by atoms with Crippen molar-refractivity contribution < 1.29 is 13.9 Å². The van der Waals surface area contributed by atoms with Crippen LogP contribution >= 0.6 is 0 Å². The highest BCUT2D eigenvalue weighted by Gasteiger charge is 2.33. The number of likely N-dealkylation sites (tertiary alicyclic amines) is 1. The molecule has 4 heteroatoms. The van der Waals surface area contributed by atoms with Crippen LogP contribution in [0.2, 0.25) is 0 Å². The van der Waals surface area contributed by atoms with Gasteiger partial charge in [-0.15, -0.1) is 0 Å². The van der Waals surface area contributed by atoms with E-state index in [9.17, 15) is 13.9 Å². The molecule has 1 heterocycles. The molecule has 2 nitrogen and oxygen atoms in total. The molecule has 2 atom stereocenters. The van der Waals surface area contributed by atoms with E-state index in [1.165, 1.54) is 6.07 Å². The van der Waals surface area contributed by atoms with Crippen LogP contribution in [0, 0.1) is 17.6 Å². The molecule has 1 aromatic carbocycles. The Morgan fingerprint density at radius 2 is 2.11 bits per heavy atom. The Kier molecular flexibility index (Phi) is 3.54. The number of halogens is 2. The van der Waals surface area contributed by atoms with Crippen LogP contribution in [0.25, 0.3) is 0 Å². The minimum absolute atomic E-state index is 0.120. The Hall–Kier alpha value is -1.00. The van der Waals surface area contributed by atoms with E-state index in [0.717, 1.165) is 44.0 Å². The molecule has 1 aromatic rings. The summed E-state index contributed by atoms with van der Waals surface area (Å²) in [6, 6.07) is 2.58. The predicted molar refractivity (Wildman–Crippen MR) is 68.8 cm³/mol. The molecule has 104 valence electrons. The maximum atomic E-state index is 13.7. The second-order valence-corrected chi connectivity index (χ2v) is 5.70. The molecule has 1 aliphatic carbocycles. The zero-order chi connectivity index (χ0) is 13.4. The Balaban J connectivity index is 1.85. The lowest BCUT2D eigenvalue weighted by molar-refractivity contribution is 0.0877. The lowest BCUT2D eigenvalue weighted by Crippen LogP contribution is -2.38. The van der Waals surface area contributed by atoms with E-state index in [2.05, 4.69) is 4.90 Å². The molecule has 2 aliphatic rings. The third-order valence-corrected chi connectivity index (χ3v) is 4.47. The lowest BCUT2D eigenvalue weighted by atomic mass is 9.96. The highest BCUT2D eigenvalue weighted by molar-refractivity contribution is 5.36. The summed E-state index contributed by atoms with van der Waals surface area (Å²) in [5.74, 6) is -0.594. The molecule has 0 radical (unpaired) electrons. The van der Waals surface area contributed by atoms with Crippen molar-refractivity contribution in [3.05, 3.63) is 34.9 Å². The van der Waals surface area contributed by atoms with Gasteiger partial charge in [-0.25, -0.2) is 8.78 Å². The molecule has 1 aliphatic heterocycles.